The first-order chi connectivity index (χ1) is 8.07. The maximum Gasteiger partial charge on any atom is 0.326 e. The lowest BCUT2D eigenvalue weighted by Crippen LogP contribution is -2.49. The van der Waals surface area contributed by atoms with Crippen molar-refractivity contribution in [1.82, 2.24) is 4.90 Å². The third kappa shape index (κ3) is 3.72. The summed E-state index contributed by atoms with van der Waals surface area (Å²) in [6, 6.07) is -0.597. The molecule has 0 bridgehead atoms. The molecule has 1 N–H and O–H groups in total. The number of piperidine rings is 1. The van der Waals surface area contributed by atoms with Crippen molar-refractivity contribution in [2.75, 3.05) is 6.54 Å². The summed E-state index contributed by atoms with van der Waals surface area (Å²) in [4.78, 5) is 24.9. The number of unbranched alkanes of at least 4 members (excludes halogenated alkanes) is 1. The normalized spacial score (nSPS) is 22.2. The number of likely N-dealkylation sites (tertiary alicyclic amines) is 1. The summed E-state index contributed by atoms with van der Waals surface area (Å²) in [6.07, 6.45) is 5.39. The molecule has 1 saturated heterocycles. The van der Waals surface area contributed by atoms with Crippen LogP contribution in [0.5, 0.6) is 0 Å². The molecular weight excluding hydrogens is 218 g/mol. The molecule has 0 radical (unpaired) electrons. The van der Waals surface area contributed by atoms with Gasteiger partial charge in [0.05, 0.1) is 0 Å². The van der Waals surface area contributed by atoms with E-state index in [1.807, 2.05) is 6.92 Å². The number of amides is 1. The van der Waals surface area contributed by atoms with Crippen LogP contribution in [-0.4, -0.2) is 34.5 Å². The zero-order chi connectivity index (χ0) is 12.8. The Bertz CT molecular complexity index is 278. The SMILES string of the molecule is CCCCC(C)C(=O)N1CCCCC1C(=O)O. The Morgan fingerprint density at radius 2 is 2.12 bits per heavy atom. The van der Waals surface area contributed by atoms with Crippen LogP contribution in [0.4, 0.5) is 0 Å². The predicted molar refractivity (Wildman–Crippen MR) is 65.7 cm³/mol. The fourth-order valence-corrected chi connectivity index (χ4v) is 2.37. The highest BCUT2D eigenvalue weighted by Crippen LogP contribution is 2.21. The first-order valence-electron chi connectivity index (χ1n) is 6.61. The second-order valence-electron chi connectivity index (χ2n) is 4.92. The molecule has 4 heteroatoms. The molecule has 0 saturated carbocycles. The summed E-state index contributed by atoms with van der Waals surface area (Å²) < 4.78 is 0. The van der Waals surface area contributed by atoms with E-state index in [1.54, 1.807) is 4.90 Å². The second-order valence-corrected chi connectivity index (χ2v) is 4.92. The Balaban J connectivity index is 2.61. The number of hydrogen-bond donors (Lipinski definition) is 1. The standard InChI is InChI=1S/C13H23NO3/c1-3-4-7-10(2)12(15)14-9-6-5-8-11(14)13(16)17/h10-11H,3-9H2,1-2H3,(H,16,17). The maximum atomic E-state index is 12.2. The predicted octanol–water partition coefficient (Wildman–Crippen LogP) is 2.28. The topological polar surface area (TPSA) is 57.6 Å². The number of rotatable bonds is 5. The Labute approximate surface area is 103 Å². The number of nitrogens with zero attached hydrogens (tertiary/aromatic N) is 1. The van der Waals surface area contributed by atoms with E-state index in [0.29, 0.717) is 13.0 Å². The van der Waals surface area contributed by atoms with Crippen molar-refractivity contribution in [3.63, 3.8) is 0 Å². The molecular formula is C13H23NO3. The molecule has 2 atom stereocenters. The Morgan fingerprint density at radius 3 is 2.71 bits per heavy atom. The highest BCUT2D eigenvalue weighted by molar-refractivity contribution is 5.85. The minimum Gasteiger partial charge on any atom is -0.480 e. The summed E-state index contributed by atoms with van der Waals surface area (Å²) in [5, 5.41) is 9.12. The summed E-state index contributed by atoms with van der Waals surface area (Å²) in [6.45, 7) is 4.61. The van der Waals surface area contributed by atoms with Crippen LogP contribution >= 0.6 is 0 Å². The summed E-state index contributed by atoms with van der Waals surface area (Å²) in [7, 11) is 0. The molecule has 1 amide bonds. The van der Waals surface area contributed by atoms with Crippen molar-refractivity contribution in [3.8, 4) is 0 Å². The van der Waals surface area contributed by atoms with E-state index in [1.165, 1.54) is 0 Å². The quantitative estimate of drug-likeness (QED) is 0.803. The first kappa shape index (κ1) is 14.0. The number of carbonyl (C=O) groups is 2. The minimum atomic E-state index is -0.860. The van der Waals surface area contributed by atoms with Gasteiger partial charge in [0.1, 0.15) is 6.04 Å². The van der Waals surface area contributed by atoms with Gasteiger partial charge in [0.25, 0.3) is 0 Å². The van der Waals surface area contributed by atoms with Crippen molar-refractivity contribution >= 4 is 11.9 Å². The van der Waals surface area contributed by atoms with Gasteiger partial charge < -0.3 is 10.0 Å². The molecule has 1 rings (SSSR count). The molecule has 1 fully saturated rings. The molecule has 2 unspecified atom stereocenters. The number of carbonyl (C=O) groups excluding carboxylic acids is 1. The Hall–Kier alpha value is -1.06. The van der Waals surface area contributed by atoms with Gasteiger partial charge in [-0.15, -0.1) is 0 Å². The van der Waals surface area contributed by atoms with E-state index in [4.69, 9.17) is 5.11 Å². The van der Waals surface area contributed by atoms with Crippen LogP contribution in [0, 0.1) is 5.92 Å². The molecule has 0 aromatic carbocycles. The smallest absolute Gasteiger partial charge is 0.326 e. The van der Waals surface area contributed by atoms with Crippen LogP contribution < -0.4 is 0 Å². The maximum absolute atomic E-state index is 12.2. The lowest BCUT2D eigenvalue weighted by Gasteiger charge is -2.34. The van der Waals surface area contributed by atoms with Gasteiger partial charge in [-0.05, 0) is 25.7 Å². The second kappa shape index (κ2) is 6.62. The minimum absolute atomic E-state index is 0.0190. The fraction of sp³-hybridized carbons (Fsp3) is 0.846. The monoisotopic (exact) mass is 241 g/mol. The molecule has 1 aliphatic heterocycles. The van der Waals surface area contributed by atoms with Gasteiger partial charge >= 0.3 is 5.97 Å². The van der Waals surface area contributed by atoms with Gasteiger partial charge in [-0.3, -0.25) is 4.79 Å². The van der Waals surface area contributed by atoms with Gasteiger partial charge in [0, 0.05) is 12.5 Å². The van der Waals surface area contributed by atoms with Crippen LogP contribution in [0.2, 0.25) is 0 Å². The lowest BCUT2D eigenvalue weighted by molar-refractivity contribution is -0.153. The average molecular weight is 241 g/mol. The van der Waals surface area contributed by atoms with E-state index < -0.39 is 12.0 Å². The van der Waals surface area contributed by atoms with Gasteiger partial charge in [0.2, 0.25) is 5.91 Å². The van der Waals surface area contributed by atoms with Gasteiger partial charge in [0.15, 0.2) is 0 Å². The van der Waals surface area contributed by atoms with Gasteiger partial charge in [-0.2, -0.15) is 0 Å². The van der Waals surface area contributed by atoms with Crippen molar-refractivity contribution < 1.29 is 14.7 Å². The molecule has 1 heterocycles. The first-order valence-corrected chi connectivity index (χ1v) is 6.61. The van der Waals surface area contributed by atoms with Gasteiger partial charge in [-0.1, -0.05) is 26.7 Å². The van der Waals surface area contributed by atoms with Crippen molar-refractivity contribution in [2.24, 2.45) is 5.92 Å². The molecule has 1 aliphatic rings. The van der Waals surface area contributed by atoms with Crippen LogP contribution in [0.15, 0.2) is 0 Å². The van der Waals surface area contributed by atoms with E-state index in [2.05, 4.69) is 6.92 Å². The van der Waals surface area contributed by atoms with E-state index in [0.717, 1.165) is 32.1 Å². The molecule has 0 spiro atoms. The number of carboxylic acid groups (broad SMARTS) is 1. The largest absolute Gasteiger partial charge is 0.480 e. The van der Waals surface area contributed by atoms with Crippen molar-refractivity contribution in [3.05, 3.63) is 0 Å². The highest BCUT2D eigenvalue weighted by atomic mass is 16.4. The zero-order valence-electron chi connectivity index (χ0n) is 10.8. The van der Waals surface area contributed by atoms with Crippen molar-refractivity contribution in [1.29, 1.82) is 0 Å². The van der Waals surface area contributed by atoms with Crippen molar-refractivity contribution in [2.45, 2.75) is 58.4 Å². The van der Waals surface area contributed by atoms with Crippen LogP contribution in [0.3, 0.4) is 0 Å². The lowest BCUT2D eigenvalue weighted by atomic mass is 9.97. The summed E-state index contributed by atoms with van der Waals surface area (Å²) in [5.74, 6) is -0.888. The van der Waals surface area contributed by atoms with E-state index in [9.17, 15) is 9.59 Å². The molecule has 98 valence electrons. The third-order valence-electron chi connectivity index (χ3n) is 3.48. The van der Waals surface area contributed by atoms with Crippen LogP contribution in [0.1, 0.15) is 52.4 Å². The van der Waals surface area contributed by atoms with Crippen LogP contribution in [-0.2, 0) is 9.59 Å². The molecule has 0 aromatic heterocycles. The molecule has 0 aromatic rings. The number of aliphatic carboxylic acids is 1. The number of carboxylic acids is 1. The molecule has 4 nitrogen and oxygen atoms in total. The molecule has 0 aliphatic carbocycles. The zero-order valence-corrected chi connectivity index (χ0v) is 10.8. The Kier molecular flexibility index (Phi) is 5.45. The van der Waals surface area contributed by atoms with Crippen LogP contribution in [0.25, 0.3) is 0 Å². The summed E-state index contributed by atoms with van der Waals surface area (Å²) >= 11 is 0. The highest BCUT2D eigenvalue weighted by Gasteiger charge is 2.33. The summed E-state index contributed by atoms with van der Waals surface area (Å²) in [5.41, 5.74) is 0. The average Bonchev–Trinajstić information content (AvgIpc) is 2.34. The van der Waals surface area contributed by atoms with E-state index >= 15 is 0 Å². The Morgan fingerprint density at radius 1 is 1.41 bits per heavy atom. The molecule has 17 heavy (non-hydrogen) atoms. The van der Waals surface area contributed by atoms with Gasteiger partial charge in [-0.25, -0.2) is 4.79 Å². The number of hydrogen-bond acceptors (Lipinski definition) is 2. The third-order valence-corrected chi connectivity index (χ3v) is 3.48. The van der Waals surface area contributed by atoms with E-state index in [-0.39, 0.29) is 11.8 Å². The fourth-order valence-electron chi connectivity index (χ4n) is 2.37.